The fraction of sp³-hybridized carbons (Fsp3) is 0.238. The highest BCUT2D eigenvalue weighted by molar-refractivity contribution is 7.80. The maximum atomic E-state index is 13.2. The average molecular weight is 500 g/mol. The molecule has 33 heavy (non-hydrogen) atoms. The van der Waals surface area contributed by atoms with Crippen molar-refractivity contribution in [2.75, 3.05) is 23.9 Å². The molecule has 1 atom stereocenters. The van der Waals surface area contributed by atoms with Gasteiger partial charge in [0.15, 0.2) is 5.11 Å². The van der Waals surface area contributed by atoms with Crippen molar-refractivity contribution in [3.63, 3.8) is 0 Å². The first-order valence-corrected chi connectivity index (χ1v) is 10.2. The number of hydrogen-bond acceptors (Lipinski definition) is 5. The van der Waals surface area contributed by atoms with Gasteiger partial charge in [-0.1, -0.05) is 17.7 Å². The molecule has 0 radical (unpaired) electrons. The number of carbonyl (C=O) groups is 3. The van der Waals surface area contributed by atoms with Gasteiger partial charge in [0.05, 0.1) is 24.8 Å². The van der Waals surface area contributed by atoms with Crippen molar-refractivity contribution in [3.8, 4) is 0 Å². The number of thiocarbonyl (C=S) groups is 1. The number of benzene rings is 2. The van der Waals surface area contributed by atoms with E-state index < -0.39 is 48.5 Å². The average Bonchev–Trinajstić information content (AvgIpc) is 2.98. The third-order valence-electron chi connectivity index (χ3n) is 4.78. The largest absolute Gasteiger partial charge is 0.468 e. The van der Waals surface area contributed by atoms with Crippen LogP contribution in [-0.2, 0) is 25.3 Å². The number of nitrogens with zero attached hydrogens (tertiary/aromatic N) is 2. The van der Waals surface area contributed by atoms with E-state index in [0.717, 1.165) is 35.1 Å². The number of carbonyl (C=O) groups excluding carboxylic acids is 3. The molecule has 2 amide bonds. The van der Waals surface area contributed by atoms with Crippen LogP contribution in [0.1, 0.15) is 12.0 Å². The van der Waals surface area contributed by atoms with E-state index in [-0.39, 0.29) is 10.8 Å². The molecule has 2 aromatic rings. The molecule has 1 N–H and O–H groups in total. The van der Waals surface area contributed by atoms with Crippen LogP contribution in [0, 0.1) is 0 Å². The van der Waals surface area contributed by atoms with E-state index in [4.69, 9.17) is 23.8 Å². The molecule has 2 aromatic carbocycles. The molecule has 1 saturated heterocycles. The number of esters is 1. The standard InChI is InChI=1S/C21H17ClF3N3O4S/c1-32-18(30)11-27-16(10-17(29)26-14-7-5-13(22)6-8-14)19(31)28(20(27)33)15-4-2-3-12(9-15)21(23,24)25/h2-9,16H,10-11H2,1H3,(H,26,29). The summed E-state index contributed by atoms with van der Waals surface area (Å²) in [5.41, 5.74) is -0.680. The first-order chi connectivity index (χ1) is 15.5. The Morgan fingerprint density at radius 3 is 2.45 bits per heavy atom. The van der Waals surface area contributed by atoms with E-state index in [9.17, 15) is 27.6 Å². The van der Waals surface area contributed by atoms with Crippen LogP contribution in [0.25, 0.3) is 0 Å². The smallest absolute Gasteiger partial charge is 0.416 e. The summed E-state index contributed by atoms with van der Waals surface area (Å²) in [6.45, 7) is -0.463. The Bertz CT molecular complexity index is 1090. The Hall–Kier alpha value is -3.18. The molecule has 1 heterocycles. The Morgan fingerprint density at radius 2 is 1.85 bits per heavy atom. The van der Waals surface area contributed by atoms with Gasteiger partial charge in [0.2, 0.25) is 5.91 Å². The van der Waals surface area contributed by atoms with Crippen LogP contribution >= 0.6 is 23.8 Å². The van der Waals surface area contributed by atoms with Gasteiger partial charge in [-0.3, -0.25) is 19.3 Å². The van der Waals surface area contributed by atoms with Crippen LogP contribution in [-0.4, -0.2) is 47.5 Å². The number of amides is 2. The van der Waals surface area contributed by atoms with Crippen LogP contribution in [0.3, 0.4) is 0 Å². The van der Waals surface area contributed by atoms with E-state index >= 15 is 0 Å². The van der Waals surface area contributed by atoms with Crippen LogP contribution in [0.4, 0.5) is 24.5 Å². The number of rotatable bonds is 6. The summed E-state index contributed by atoms with van der Waals surface area (Å²) >= 11 is 11.1. The fourth-order valence-electron chi connectivity index (χ4n) is 3.20. The van der Waals surface area contributed by atoms with Gasteiger partial charge in [0, 0.05) is 10.7 Å². The number of halogens is 4. The lowest BCUT2D eigenvalue weighted by Gasteiger charge is -2.22. The number of nitrogens with one attached hydrogen (secondary N) is 1. The summed E-state index contributed by atoms with van der Waals surface area (Å²) in [7, 11) is 1.14. The van der Waals surface area contributed by atoms with Gasteiger partial charge in [-0.25, -0.2) is 0 Å². The highest BCUT2D eigenvalue weighted by atomic mass is 35.5. The molecule has 1 aliphatic heterocycles. The predicted molar refractivity (Wildman–Crippen MR) is 119 cm³/mol. The van der Waals surface area contributed by atoms with Gasteiger partial charge >= 0.3 is 12.1 Å². The summed E-state index contributed by atoms with van der Waals surface area (Å²) in [6.07, 6.45) is -5.04. The zero-order valence-electron chi connectivity index (χ0n) is 17.1. The molecule has 1 aliphatic rings. The third-order valence-corrected chi connectivity index (χ3v) is 5.45. The molecule has 1 fully saturated rings. The quantitative estimate of drug-likeness (QED) is 0.480. The van der Waals surface area contributed by atoms with Gasteiger partial charge < -0.3 is 15.0 Å². The summed E-state index contributed by atoms with van der Waals surface area (Å²) in [5.74, 6) is -2.05. The maximum absolute atomic E-state index is 13.2. The van der Waals surface area contributed by atoms with Gasteiger partial charge in [-0.2, -0.15) is 13.2 Å². The number of anilines is 2. The first-order valence-electron chi connectivity index (χ1n) is 9.45. The SMILES string of the molecule is COC(=O)CN1C(=S)N(c2cccc(C(F)(F)F)c2)C(=O)C1CC(=O)Nc1ccc(Cl)cc1. The van der Waals surface area contributed by atoms with Gasteiger partial charge in [-0.15, -0.1) is 0 Å². The third kappa shape index (κ3) is 5.60. The Balaban J connectivity index is 1.88. The van der Waals surface area contributed by atoms with Crippen molar-refractivity contribution in [1.82, 2.24) is 4.90 Å². The highest BCUT2D eigenvalue weighted by Gasteiger charge is 2.45. The molecule has 1 unspecified atom stereocenters. The second kappa shape index (κ2) is 9.75. The Morgan fingerprint density at radius 1 is 1.18 bits per heavy atom. The normalized spacial score (nSPS) is 16.2. The van der Waals surface area contributed by atoms with Crippen molar-refractivity contribution in [3.05, 3.63) is 59.1 Å². The lowest BCUT2D eigenvalue weighted by atomic mass is 10.1. The van der Waals surface area contributed by atoms with Gasteiger partial charge in [0.1, 0.15) is 12.6 Å². The monoisotopic (exact) mass is 499 g/mol. The lowest BCUT2D eigenvalue weighted by molar-refractivity contribution is -0.142. The van der Waals surface area contributed by atoms with Crippen LogP contribution in [0.15, 0.2) is 48.5 Å². The van der Waals surface area contributed by atoms with Crippen LogP contribution in [0.2, 0.25) is 5.02 Å². The lowest BCUT2D eigenvalue weighted by Crippen LogP contribution is -2.41. The zero-order chi connectivity index (χ0) is 24.3. The molecule has 0 spiro atoms. The minimum absolute atomic E-state index is 0.129. The molecule has 0 aliphatic carbocycles. The maximum Gasteiger partial charge on any atom is 0.416 e. The minimum Gasteiger partial charge on any atom is -0.468 e. The number of alkyl halides is 3. The summed E-state index contributed by atoms with van der Waals surface area (Å²) in [4.78, 5) is 39.7. The summed E-state index contributed by atoms with van der Waals surface area (Å²) < 4.78 is 44.1. The molecular formula is C21H17ClF3N3O4S. The highest BCUT2D eigenvalue weighted by Crippen LogP contribution is 2.34. The minimum atomic E-state index is -4.63. The molecule has 3 rings (SSSR count). The summed E-state index contributed by atoms with van der Waals surface area (Å²) in [6, 6.07) is 9.07. The van der Waals surface area contributed by atoms with Crippen molar-refractivity contribution < 1.29 is 32.3 Å². The van der Waals surface area contributed by atoms with E-state index in [1.165, 1.54) is 6.07 Å². The van der Waals surface area contributed by atoms with Gasteiger partial charge in [-0.05, 0) is 54.7 Å². The second-order valence-corrected chi connectivity index (χ2v) is 7.78. The number of ether oxygens (including phenoxy) is 1. The molecule has 0 saturated carbocycles. The Kier molecular flexibility index (Phi) is 7.23. The zero-order valence-corrected chi connectivity index (χ0v) is 18.6. The number of methoxy groups -OCH3 is 1. The van der Waals surface area contributed by atoms with Crippen molar-refractivity contribution >= 4 is 58.1 Å². The molecule has 7 nitrogen and oxygen atoms in total. The molecule has 0 bridgehead atoms. The van der Waals surface area contributed by atoms with E-state index in [1.807, 2.05) is 0 Å². The topological polar surface area (TPSA) is 79.0 Å². The van der Waals surface area contributed by atoms with E-state index in [1.54, 1.807) is 24.3 Å². The molecular weight excluding hydrogens is 483 g/mol. The molecule has 0 aromatic heterocycles. The summed E-state index contributed by atoms with van der Waals surface area (Å²) in [5, 5.41) is 2.85. The van der Waals surface area contributed by atoms with Crippen LogP contribution in [0.5, 0.6) is 0 Å². The van der Waals surface area contributed by atoms with E-state index in [0.29, 0.717) is 10.7 Å². The Labute approximate surface area is 197 Å². The van der Waals surface area contributed by atoms with Crippen LogP contribution < -0.4 is 10.2 Å². The number of hydrogen-bond donors (Lipinski definition) is 1. The fourth-order valence-corrected chi connectivity index (χ4v) is 3.71. The van der Waals surface area contributed by atoms with Gasteiger partial charge in [0.25, 0.3) is 5.91 Å². The van der Waals surface area contributed by atoms with E-state index in [2.05, 4.69) is 10.1 Å². The molecule has 12 heteroatoms. The molecule has 174 valence electrons. The van der Waals surface area contributed by atoms with Crippen molar-refractivity contribution in [1.29, 1.82) is 0 Å². The van der Waals surface area contributed by atoms with Crippen molar-refractivity contribution in [2.45, 2.75) is 18.6 Å². The van der Waals surface area contributed by atoms with Crippen molar-refractivity contribution in [2.24, 2.45) is 0 Å². The second-order valence-electron chi connectivity index (χ2n) is 6.98. The first kappa shape index (κ1) is 24.5. The predicted octanol–water partition coefficient (Wildman–Crippen LogP) is 3.86.